The molecule has 0 N–H and O–H groups in total. The first-order valence-electron chi connectivity index (χ1n) is 30.3. The van der Waals surface area contributed by atoms with E-state index in [-0.39, 0.29) is 0 Å². The average Bonchev–Trinajstić information content (AvgIpc) is 3.67. The smallest absolute Gasteiger partial charge is 0.493 e. The number of hydrogen-bond donors (Lipinski definition) is 0. The minimum absolute atomic E-state index is 0.425. The third-order valence-electron chi connectivity index (χ3n) is 15.5. The maximum Gasteiger partial charge on any atom is 0.494 e. The number of ether oxygens (including phenoxy) is 4. The van der Waals surface area contributed by atoms with Crippen LogP contribution in [0.5, 0.6) is 23.0 Å². The highest BCUT2D eigenvalue weighted by Crippen LogP contribution is 2.42. The Balaban J connectivity index is 1.27. The van der Waals surface area contributed by atoms with Crippen LogP contribution in [0.4, 0.5) is 17.1 Å². The number of nitrogens with zero attached hydrogens (tertiary/aromatic N) is 1. The van der Waals surface area contributed by atoms with Gasteiger partial charge in [-0.25, -0.2) is 0 Å². The molecule has 414 valence electrons. The maximum absolute atomic E-state index is 6.62. The van der Waals surface area contributed by atoms with Crippen LogP contribution in [0.15, 0.2) is 109 Å². The monoisotopic (exact) mass is 1040 g/mol. The highest BCUT2D eigenvalue weighted by Gasteiger charge is 2.51. The van der Waals surface area contributed by atoms with Crippen LogP contribution >= 0.6 is 0 Å². The van der Waals surface area contributed by atoms with E-state index in [0.717, 1.165) is 107 Å². The summed E-state index contributed by atoms with van der Waals surface area (Å²) in [4.78, 5) is 2.33. The zero-order valence-corrected chi connectivity index (χ0v) is 48.7. The van der Waals surface area contributed by atoms with Crippen molar-refractivity contribution >= 4 is 29.6 Å². The van der Waals surface area contributed by atoms with Gasteiger partial charge in [0, 0.05) is 40.3 Å². The van der Waals surface area contributed by atoms with E-state index in [9.17, 15) is 0 Å². The van der Waals surface area contributed by atoms with Gasteiger partial charge in [0.25, 0.3) is 0 Å². The molecule has 0 amide bonds. The van der Waals surface area contributed by atoms with Gasteiger partial charge in [-0.05, 0) is 131 Å². The zero-order valence-electron chi connectivity index (χ0n) is 48.7. The van der Waals surface area contributed by atoms with Gasteiger partial charge in [0.15, 0.2) is 0 Å². The second kappa shape index (κ2) is 32.7. The molecular formula is C68H98BNO6. The van der Waals surface area contributed by atoms with Crippen molar-refractivity contribution < 1.29 is 28.3 Å². The first-order chi connectivity index (χ1) is 37.1. The van der Waals surface area contributed by atoms with E-state index in [1.165, 1.54) is 128 Å². The molecule has 5 aromatic rings. The molecular weight excluding hydrogens is 938 g/mol. The van der Waals surface area contributed by atoms with Crippen molar-refractivity contribution in [3.05, 3.63) is 109 Å². The van der Waals surface area contributed by atoms with Crippen LogP contribution < -0.4 is 29.3 Å². The van der Waals surface area contributed by atoms with E-state index < -0.39 is 18.3 Å². The van der Waals surface area contributed by atoms with Crippen LogP contribution in [-0.2, 0) is 9.31 Å². The fraction of sp³-hybridized carbons (Fsp3) is 0.559. The first kappa shape index (κ1) is 60.3. The number of benzene rings is 5. The fourth-order valence-electron chi connectivity index (χ4n) is 9.96. The van der Waals surface area contributed by atoms with Crippen molar-refractivity contribution in [2.75, 3.05) is 31.3 Å². The molecule has 0 unspecified atom stereocenters. The van der Waals surface area contributed by atoms with E-state index in [2.05, 4.69) is 169 Å². The molecule has 5 aromatic carbocycles. The van der Waals surface area contributed by atoms with Crippen LogP contribution in [0.1, 0.15) is 209 Å². The van der Waals surface area contributed by atoms with Crippen molar-refractivity contribution in [1.82, 2.24) is 0 Å². The van der Waals surface area contributed by atoms with E-state index >= 15 is 0 Å². The molecule has 0 aliphatic carbocycles. The summed E-state index contributed by atoms with van der Waals surface area (Å²) in [6.07, 6.45) is 29.5. The van der Waals surface area contributed by atoms with Gasteiger partial charge < -0.3 is 33.2 Å². The van der Waals surface area contributed by atoms with Gasteiger partial charge in [-0.15, -0.1) is 0 Å². The molecule has 0 radical (unpaired) electrons. The third-order valence-corrected chi connectivity index (χ3v) is 15.5. The summed E-state index contributed by atoms with van der Waals surface area (Å²) in [6, 6.07) is 39.2. The molecule has 6 rings (SSSR count). The maximum atomic E-state index is 6.62. The Bertz CT molecular complexity index is 2220. The molecule has 1 fully saturated rings. The number of unbranched alkanes of at least 4 members (excludes halogenated alkanes) is 20. The fourth-order valence-corrected chi connectivity index (χ4v) is 9.96. The van der Waals surface area contributed by atoms with Crippen LogP contribution in [0.3, 0.4) is 0 Å². The average molecular weight is 1040 g/mol. The minimum atomic E-state index is -0.444. The Morgan fingerprint density at radius 3 is 1.00 bits per heavy atom. The van der Waals surface area contributed by atoms with Crippen LogP contribution in [0.2, 0.25) is 0 Å². The van der Waals surface area contributed by atoms with Crippen molar-refractivity contribution in [3.8, 4) is 45.3 Å². The van der Waals surface area contributed by atoms with Crippen LogP contribution in [-0.4, -0.2) is 44.7 Å². The Kier molecular flexibility index (Phi) is 26.0. The zero-order chi connectivity index (χ0) is 53.9. The summed E-state index contributed by atoms with van der Waals surface area (Å²) in [5, 5.41) is 0. The second-order valence-electron chi connectivity index (χ2n) is 22.4. The number of rotatable bonds is 38. The first-order valence-corrected chi connectivity index (χ1v) is 30.3. The largest absolute Gasteiger partial charge is 0.494 e. The van der Waals surface area contributed by atoms with Gasteiger partial charge in [0.1, 0.15) is 23.0 Å². The van der Waals surface area contributed by atoms with Gasteiger partial charge >= 0.3 is 7.12 Å². The lowest BCUT2D eigenvalue weighted by Gasteiger charge is -2.32. The molecule has 76 heavy (non-hydrogen) atoms. The van der Waals surface area contributed by atoms with Crippen molar-refractivity contribution in [2.45, 2.75) is 221 Å². The Labute approximate surface area is 462 Å². The van der Waals surface area contributed by atoms with Crippen molar-refractivity contribution in [1.29, 1.82) is 0 Å². The van der Waals surface area contributed by atoms with Gasteiger partial charge in [-0.1, -0.05) is 193 Å². The van der Waals surface area contributed by atoms with Crippen molar-refractivity contribution in [3.63, 3.8) is 0 Å². The summed E-state index contributed by atoms with van der Waals surface area (Å²) >= 11 is 0. The lowest BCUT2D eigenvalue weighted by Crippen LogP contribution is -2.41. The van der Waals surface area contributed by atoms with Crippen molar-refractivity contribution in [2.24, 2.45) is 0 Å². The summed E-state index contributed by atoms with van der Waals surface area (Å²) in [6.45, 7) is 20.3. The minimum Gasteiger partial charge on any atom is -0.493 e. The summed E-state index contributed by atoms with van der Waals surface area (Å²) in [5.41, 5.74) is 7.61. The SMILES string of the molecule is CCCCCCCCOc1ccc(-c2ccc(N(c3ccc(B4OC(C)(C)C(C)(C)O4)cc3)c3ccc(-c4ccc(OCCCCCCCC)cc4OCCCCCCCC)cc3)cc2)c(OCCCCCCCC)c1. The quantitative estimate of drug-likeness (QED) is 0.0288. The molecule has 1 aliphatic heterocycles. The summed E-state index contributed by atoms with van der Waals surface area (Å²) in [5.74, 6) is 3.49. The standard InChI is InChI=1S/C68H98BNO6/c1-9-13-17-21-25-29-49-71-61-45-47-63(65(53-61)73-51-31-27-23-19-15-11-3)55-33-39-58(40-34-55)70(60-43-37-57(38-44-60)69-75-67(5,6)68(7,8)76-69)59-41-35-56(36-42-59)64-48-46-62(72-50-30-26-22-18-14-10-2)54-66(64)74-52-32-28-24-20-16-12-4/h33-48,53-54H,9-32,49-52H2,1-8H3. The molecule has 8 heteroatoms. The summed E-state index contributed by atoms with van der Waals surface area (Å²) in [7, 11) is -0.444. The van der Waals surface area contributed by atoms with Gasteiger partial charge in [-0.2, -0.15) is 0 Å². The lowest BCUT2D eigenvalue weighted by atomic mass is 9.79. The molecule has 0 bridgehead atoms. The van der Waals surface area contributed by atoms with E-state index in [1.807, 2.05) is 0 Å². The van der Waals surface area contributed by atoms with Crippen LogP contribution in [0, 0.1) is 0 Å². The van der Waals surface area contributed by atoms with Gasteiger partial charge in [0.05, 0.1) is 37.6 Å². The van der Waals surface area contributed by atoms with E-state index in [4.69, 9.17) is 28.3 Å². The molecule has 1 aliphatic rings. The molecule has 0 atom stereocenters. The number of hydrogen-bond acceptors (Lipinski definition) is 7. The molecule has 0 saturated carbocycles. The molecule has 1 heterocycles. The Morgan fingerprint density at radius 2 is 0.658 bits per heavy atom. The van der Waals surface area contributed by atoms with Crippen LogP contribution in [0.25, 0.3) is 22.3 Å². The molecule has 1 saturated heterocycles. The predicted molar refractivity (Wildman–Crippen MR) is 323 cm³/mol. The van der Waals surface area contributed by atoms with Gasteiger partial charge in [-0.3, -0.25) is 0 Å². The van der Waals surface area contributed by atoms with E-state index in [1.54, 1.807) is 0 Å². The topological polar surface area (TPSA) is 58.6 Å². The molecule has 0 spiro atoms. The normalized spacial score (nSPS) is 13.8. The lowest BCUT2D eigenvalue weighted by molar-refractivity contribution is 0.00578. The Morgan fingerprint density at radius 1 is 0.355 bits per heavy atom. The highest BCUT2D eigenvalue weighted by molar-refractivity contribution is 6.62. The second-order valence-corrected chi connectivity index (χ2v) is 22.4. The third kappa shape index (κ3) is 18.9. The highest BCUT2D eigenvalue weighted by atomic mass is 16.7. The van der Waals surface area contributed by atoms with Gasteiger partial charge in [0.2, 0.25) is 0 Å². The molecule has 0 aromatic heterocycles. The Hall–Kier alpha value is -4.92. The number of anilines is 3. The predicted octanol–water partition coefficient (Wildman–Crippen LogP) is 19.7. The van der Waals surface area contributed by atoms with E-state index in [0.29, 0.717) is 13.2 Å². The molecule has 7 nitrogen and oxygen atoms in total. The summed E-state index contributed by atoms with van der Waals surface area (Å²) < 4.78 is 38.8.